The van der Waals surface area contributed by atoms with Gasteiger partial charge in [-0.15, -0.1) is 0 Å². The van der Waals surface area contributed by atoms with Crippen molar-refractivity contribution in [1.29, 1.82) is 0 Å². The smallest absolute Gasteiger partial charge is 0.125 e. The zero-order valence-corrected chi connectivity index (χ0v) is 10.3. The van der Waals surface area contributed by atoms with Gasteiger partial charge >= 0.3 is 0 Å². The van der Waals surface area contributed by atoms with Gasteiger partial charge in [-0.2, -0.15) is 0 Å². The Morgan fingerprint density at radius 3 is 2.88 bits per heavy atom. The summed E-state index contributed by atoms with van der Waals surface area (Å²) in [4.78, 5) is 4.54. The molecule has 0 aliphatic rings. The number of hydrogen-bond acceptors (Lipinski definition) is 2. The fraction of sp³-hybridized carbons (Fsp3) is 0.462. The molecule has 1 aromatic heterocycles. The second-order valence-corrected chi connectivity index (χ2v) is 4.09. The van der Waals surface area contributed by atoms with E-state index < -0.39 is 0 Å². The number of rotatable bonds is 5. The topological polar surface area (TPSA) is 29.9 Å². The van der Waals surface area contributed by atoms with E-state index in [1.54, 1.807) is 12.1 Å². The number of aryl methyl sites for hydroxylation is 1. The van der Waals surface area contributed by atoms with Gasteiger partial charge in [0.1, 0.15) is 11.6 Å². The third kappa shape index (κ3) is 2.47. The third-order valence-corrected chi connectivity index (χ3v) is 2.77. The number of halogens is 1. The Kier molecular flexibility index (Phi) is 3.74. The number of nitrogens with one attached hydrogen (secondary N) is 1. The molecule has 0 spiro atoms. The Balaban J connectivity index is 2.46. The predicted octanol–water partition coefficient (Wildman–Crippen LogP) is 2.69. The minimum Gasteiger partial charge on any atom is -0.327 e. The molecule has 0 aliphatic carbocycles. The van der Waals surface area contributed by atoms with Crippen LogP contribution in [-0.2, 0) is 13.1 Å². The van der Waals surface area contributed by atoms with Gasteiger partial charge in [0, 0.05) is 6.54 Å². The van der Waals surface area contributed by atoms with Crippen molar-refractivity contribution >= 4 is 11.0 Å². The zero-order chi connectivity index (χ0) is 12.3. The lowest BCUT2D eigenvalue weighted by Gasteiger charge is -2.07. The summed E-state index contributed by atoms with van der Waals surface area (Å²) in [6.07, 6.45) is 1.01. The van der Waals surface area contributed by atoms with E-state index in [9.17, 15) is 4.39 Å². The van der Waals surface area contributed by atoms with Crippen LogP contribution in [0.3, 0.4) is 0 Å². The van der Waals surface area contributed by atoms with E-state index in [1.807, 2.05) is 0 Å². The molecule has 0 aliphatic heterocycles. The second kappa shape index (κ2) is 5.27. The standard InChI is InChI=1S/C13H18FN3/c1-3-7-17-12-8-10(14)5-6-11(12)16-13(17)9-15-4-2/h5-6,8,15H,3-4,7,9H2,1-2H3. The van der Waals surface area contributed by atoms with Gasteiger partial charge in [0.25, 0.3) is 0 Å². The second-order valence-electron chi connectivity index (χ2n) is 4.09. The highest BCUT2D eigenvalue weighted by Gasteiger charge is 2.10. The zero-order valence-electron chi connectivity index (χ0n) is 10.3. The summed E-state index contributed by atoms with van der Waals surface area (Å²) in [5.74, 6) is 0.777. The minimum absolute atomic E-state index is 0.204. The molecule has 0 atom stereocenters. The van der Waals surface area contributed by atoms with Crippen molar-refractivity contribution in [1.82, 2.24) is 14.9 Å². The molecule has 4 heteroatoms. The van der Waals surface area contributed by atoms with Crippen molar-refractivity contribution in [3.63, 3.8) is 0 Å². The van der Waals surface area contributed by atoms with Crippen molar-refractivity contribution in [2.45, 2.75) is 33.4 Å². The largest absolute Gasteiger partial charge is 0.327 e. The summed E-state index contributed by atoms with van der Waals surface area (Å²) >= 11 is 0. The van der Waals surface area contributed by atoms with Crippen LogP contribution in [0.15, 0.2) is 18.2 Å². The lowest BCUT2D eigenvalue weighted by molar-refractivity contribution is 0.605. The average molecular weight is 235 g/mol. The number of aromatic nitrogens is 2. The first-order chi connectivity index (χ1) is 8.26. The number of benzene rings is 1. The number of fused-ring (bicyclic) bond motifs is 1. The van der Waals surface area contributed by atoms with Crippen LogP contribution in [-0.4, -0.2) is 16.1 Å². The first kappa shape index (κ1) is 12.0. The Morgan fingerprint density at radius 2 is 2.18 bits per heavy atom. The Labute approximate surface area is 101 Å². The molecule has 0 saturated heterocycles. The molecule has 92 valence electrons. The number of hydrogen-bond donors (Lipinski definition) is 1. The SMILES string of the molecule is CCCn1c(CNCC)nc2ccc(F)cc21. The summed E-state index contributed by atoms with van der Waals surface area (Å²) in [5, 5.41) is 3.26. The van der Waals surface area contributed by atoms with Crippen molar-refractivity contribution in [2.24, 2.45) is 0 Å². The van der Waals surface area contributed by atoms with Crippen molar-refractivity contribution in [3.05, 3.63) is 29.8 Å². The molecule has 2 rings (SSSR count). The Hall–Kier alpha value is -1.42. The van der Waals surface area contributed by atoms with Crippen LogP contribution in [0.1, 0.15) is 26.1 Å². The van der Waals surface area contributed by atoms with Crippen LogP contribution in [0.2, 0.25) is 0 Å². The van der Waals surface area contributed by atoms with E-state index in [-0.39, 0.29) is 5.82 Å². The van der Waals surface area contributed by atoms with E-state index in [1.165, 1.54) is 6.07 Å². The van der Waals surface area contributed by atoms with Gasteiger partial charge in [0.05, 0.1) is 17.6 Å². The lowest BCUT2D eigenvalue weighted by atomic mass is 10.3. The van der Waals surface area contributed by atoms with E-state index in [0.717, 1.165) is 42.9 Å². The maximum Gasteiger partial charge on any atom is 0.125 e. The molecule has 0 saturated carbocycles. The van der Waals surface area contributed by atoms with E-state index in [2.05, 4.69) is 28.7 Å². The Morgan fingerprint density at radius 1 is 1.35 bits per heavy atom. The van der Waals surface area contributed by atoms with Crippen LogP contribution in [0.25, 0.3) is 11.0 Å². The highest BCUT2D eigenvalue weighted by molar-refractivity contribution is 5.76. The minimum atomic E-state index is -0.204. The molecule has 0 radical (unpaired) electrons. The molecule has 17 heavy (non-hydrogen) atoms. The molecular formula is C13H18FN3. The predicted molar refractivity (Wildman–Crippen MR) is 67.4 cm³/mol. The van der Waals surface area contributed by atoms with Gasteiger partial charge in [-0.25, -0.2) is 9.37 Å². The van der Waals surface area contributed by atoms with Gasteiger partial charge in [-0.05, 0) is 31.2 Å². The molecule has 0 amide bonds. The highest BCUT2D eigenvalue weighted by atomic mass is 19.1. The molecule has 2 aromatic rings. The van der Waals surface area contributed by atoms with Crippen LogP contribution in [0.5, 0.6) is 0 Å². The maximum absolute atomic E-state index is 13.3. The fourth-order valence-corrected chi connectivity index (χ4v) is 1.99. The third-order valence-electron chi connectivity index (χ3n) is 2.77. The van der Waals surface area contributed by atoms with Crippen molar-refractivity contribution in [2.75, 3.05) is 6.54 Å². The van der Waals surface area contributed by atoms with Gasteiger partial charge < -0.3 is 9.88 Å². The van der Waals surface area contributed by atoms with Crippen molar-refractivity contribution < 1.29 is 4.39 Å². The average Bonchev–Trinajstić information content (AvgIpc) is 2.65. The Bertz CT molecular complexity index is 505. The van der Waals surface area contributed by atoms with Crippen LogP contribution < -0.4 is 5.32 Å². The maximum atomic E-state index is 13.3. The lowest BCUT2D eigenvalue weighted by Crippen LogP contribution is -2.16. The highest BCUT2D eigenvalue weighted by Crippen LogP contribution is 2.18. The first-order valence-corrected chi connectivity index (χ1v) is 6.11. The summed E-state index contributed by atoms with van der Waals surface area (Å²) in [6, 6.07) is 4.77. The summed E-state index contributed by atoms with van der Waals surface area (Å²) in [6.45, 7) is 6.69. The van der Waals surface area contributed by atoms with E-state index >= 15 is 0 Å². The van der Waals surface area contributed by atoms with Gasteiger partial charge in [0.15, 0.2) is 0 Å². The van der Waals surface area contributed by atoms with E-state index in [0.29, 0.717) is 0 Å². The summed E-state index contributed by atoms with van der Waals surface area (Å²) in [5.41, 5.74) is 1.76. The quantitative estimate of drug-likeness (QED) is 0.863. The number of nitrogens with zero attached hydrogens (tertiary/aromatic N) is 2. The van der Waals surface area contributed by atoms with Crippen LogP contribution >= 0.6 is 0 Å². The molecule has 1 heterocycles. The summed E-state index contributed by atoms with van der Waals surface area (Å²) < 4.78 is 15.4. The van der Waals surface area contributed by atoms with Gasteiger partial charge in [-0.1, -0.05) is 13.8 Å². The number of imidazole rings is 1. The molecule has 1 aromatic carbocycles. The molecule has 0 unspecified atom stereocenters. The van der Waals surface area contributed by atoms with E-state index in [4.69, 9.17) is 0 Å². The van der Waals surface area contributed by atoms with Crippen LogP contribution in [0, 0.1) is 5.82 Å². The van der Waals surface area contributed by atoms with Gasteiger partial charge in [-0.3, -0.25) is 0 Å². The van der Waals surface area contributed by atoms with Crippen molar-refractivity contribution in [3.8, 4) is 0 Å². The molecule has 0 bridgehead atoms. The van der Waals surface area contributed by atoms with Gasteiger partial charge in [0.2, 0.25) is 0 Å². The summed E-state index contributed by atoms with van der Waals surface area (Å²) in [7, 11) is 0. The van der Waals surface area contributed by atoms with Crippen LogP contribution in [0.4, 0.5) is 4.39 Å². The fourth-order valence-electron chi connectivity index (χ4n) is 1.99. The molecule has 3 nitrogen and oxygen atoms in total. The monoisotopic (exact) mass is 235 g/mol. The normalized spacial score (nSPS) is 11.2. The molecule has 0 fully saturated rings. The molecular weight excluding hydrogens is 217 g/mol. The first-order valence-electron chi connectivity index (χ1n) is 6.11. The molecule has 1 N–H and O–H groups in total.